The molecule has 1 aromatic rings. The Morgan fingerprint density at radius 2 is 2.08 bits per heavy atom. The molecule has 1 fully saturated rings. The smallest absolute Gasteiger partial charge is 0.348 e. The van der Waals surface area contributed by atoms with Gasteiger partial charge in [0.2, 0.25) is 11.8 Å². The first-order valence-electron chi connectivity index (χ1n) is 8.60. The Labute approximate surface area is 149 Å². The average Bonchev–Trinajstić information content (AvgIpc) is 2.69. The van der Waals surface area contributed by atoms with Crippen molar-refractivity contribution < 1.29 is 22.8 Å². The number of rotatable bonds is 2. The zero-order valence-corrected chi connectivity index (χ0v) is 14.7. The van der Waals surface area contributed by atoms with E-state index in [1.165, 1.54) is 11.9 Å². The maximum atomic E-state index is 13.0. The van der Waals surface area contributed by atoms with Crippen LogP contribution in [-0.2, 0) is 15.8 Å². The van der Waals surface area contributed by atoms with Gasteiger partial charge in [-0.25, -0.2) is 4.98 Å². The van der Waals surface area contributed by atoms with E-state index >= 15 is 0 Å². The summed E-state index contributed by atoms with van der Waals surface area (Å²) in [6.45, 7) is 3.21. The molecule has 0 unspecified atom stereocenters. The van der Waals surface area contributed by atoms with Gasteiger partial charge in [-0.2, -0.15) is 13.2 Å². The summed E-state index contributed by atoms with van der Waals surface area (Å²) in [4.78, 5) is 33.5. The molecule has 6 nitrogen and oxygen atoms in total. The number of aromatic nitrogens is 1. The second kappa shape index (κ2) is 6.77. The van der Waals surface area contributed by atoms with Crippen molar-refractivity contribution in [2.24, 2.45) is 0 Å². The average molecular weight is 370 g/mol. The van der Waals surface area contributed by atoms with Gasteiger partial charge in [0.25, 0.3) is 0 Å². The van der Waals surface area contributed by atoms with Crippen molar-refractivity contribution in [2.75, 3.05) is 36.5 Å². The summed E-state index contributed by atoms with van der Waals surface area (Å²) in [7, 11) is 1.46. The van der Waals surface area contributed by atoms with Crippen molar-refractivity contribution in [1.29, 1.82) is 0 Å². The van der Waals surface area contributed by atoms with E-state index in [2.05, 4.69) is 4.98 Å². The van der Waals surface area contributed by atoms with Gasteiger partial charge >= 0.3 is 6.18 Å². The van der Waals surface area contributed by atoms with Crippen LogP contribution >= 0.6 is 0 Å². The third-order valence-electron chi connectivity index (χ3n) is 4.89. The number of amides is 2. The Bertz CT molecular complexity index is 722. The van der Waals surface area contributed by atoms with E-state index in [9.17, 15) is 22.8 Å². The standard InChI is InChI=1S/C17H21F3N4O2/c1-3-4-14(25)23-5-6-24-12(10-23)8-15(26)22(2)13-7-11(17(18,19)20)9-21-16(13)24/h7,9,12H,3-6,8,10H2,1-2H3/t12-/m1/s1. The van der Waals surface area contributed by atoms with E-state index in [-0.39, 0.29) is 30.0 Å². The molecule has 2 aliphatic rings. The van der Waals surface area contributed by atoms with Gasteiger partial charge in [0.15, 0.2) is 5.82 Å². The number of halogens is 3. The lowest BCUT2D eigenvalue weighted by atomic mass is 10.1. The third-order valence-corrected chi connectivity index (χ3v) is 4.89. The largest absolute Gasteiger partial charge is 0.417 e. The van der Waals surface area contributed by atoms with Gasteiger partial charge in [-0.05, 0) is 12.5 Å². The van der Waals surface area contributed by atoms with Crippen LogP contribution in [0.4, 0.5) is 24.7 Å². The topological polar surface area (TPSA) is 56.8 Å². The number of nitrogens with zero attached hydrogens (tertiary/aromatic N) is 4. The minimum atomic E-state index is -4.52. The summed E-state index contributed by atoms with van der Waals surface area (Å²) in [5.41, 5.74) is -0.730. The molecule has 1 atom stereocenters. The minimum Gasteiger partial charge on any atom is -0.348 e. The quantitative estimate of drug-likeness (QED) is 0.802. The molecule has 3 heterocycles. The monoisotopic (exact) mass is 370 g/mol. The molecule has 0 radical (unpaired) electrons. The summed E-state index contributed by atoms with van der Waals surface area (Å²) >= 11 is 0. The van der Waals surface area contributed by atoms with Crippen LogP contribution in [0.25, 0.3) is 0 Å². The Morgan fingerprint density at radius 3 is 2.73 bits per heavy atom. The highest BCUT2D eigenvalue weighted by atomic mass is 19.4. The van der Waals surface area contributed by atoms with Crippen molar-refractivity contribution in [2.45, 2.75) is 38.4 Å². The summed E-state index contributed by atoms with van der Waals surface area (Å²) in [6, 6.07) is 0.682. The van der Waals surface area contributed by atoms with Gasteiger partial charge in [0.05, 0.1) is 17.3 Å². The lowest BCUT2D eigenvalue weighted by molar-refractivity contribution is -0.138. The summed E-state index contributed by atoms with van der Waals surface area (Å²) < 4.78 is 39.1. The molecule has 9 heteroatoms. The van der Waals surface area contributed by atoms with E-state index in [1.807, 2.05) is 11.8 Å². The van der Waals surface area contributed by atoms with E-state index in [1.54, 1.807) is 4.90 Å². The van der Waals surface area contributed by atoms with Gasteiger partial charge in [-0.1, -0.05) is 6.92 Å². The number of pyridine rings is 1. The van der Waals surface area contributed by atoms with Crippen LogP contribution in [0.2, 0.25) is 0 Å². The number of hydrogen-bond acceptors (Lipinski definition) is 4. The molecule has 0 N–H and O–H groups in total. The molecule has 0 spiro atoms. The van der Waals surface area contributed by atoms with E-state index in [0.29, 0.717) is 31.9 Å². The van der Waals surface area contributed by atoms with Gasteiger partial charge in [0, 0.05) is 45.7 Å². The van der Waals surface area contributed by atoms with E-state index < -0.39 is 11.7 Å². The molecule has 1 saturated heterocycles. The van der Waals surface area contributed by atoms with Gasteiger partial charge in [0.1, 0.15) is 0 Å². The predicted molar refractivity (Wildman–Crippen MR) is 89.9 cm³/mol. The highest BCUT2D eigenvalue weighted by Gasteiger charge is 2.39. The van der Waals surface area contributed by atoms with Crippen LogP contribution in [0.1, 0.15) is 31.7 Å². The number of alkyl halides is 3. The van der Waals surface area contributed by atoms with Crippen LogP contribution in [0.3, 0.4) is 0 Å². The Kier molecular flexibility index (Phi) is 4.81. The van der Waals surface area contributed by atoms with Crippen molar-refractivity contribution >= 4 is 23.3 Å². The summed E-state index contributed by atoms with van der Waals surface area (Å²) in [6.07, 6.45) is -2.40. The van der Waals surface area contributed by atoms with Gasteiger partial charge in [-0.3, -0.25) is 9.59 Å². The normalized spacial score (nSPS) is 20.6. The lowest BCUT2D eigenvalue weighted by Gasteiger charge is -2.41. The van der Waals surface area contributed by atoms with Gasteiger partial charge < -0.3 is 14.7 Å². The summed E-state index contributed by atoms with van der Waals surface area (Å²) in [5.74, 6) is 0.112. The molecule has 0 aliphatic carbocycles. The van der Waals surface area contributed by atoms with Crippen molar-refractivity contribution in [3.63, 3.8) is 0 Å². The zero-order chi connectivity index (χ0) is 19.1. The fourth-order valence-electron chi connectivity index (χ4n) is 3.45. The molecule has 142 valence electrons. The Hall–Kier alpha value is -2.32. The zero-order valence-electron chi connectivity index (χ0n) is 14.7. The van der Waals surface area contributed by atoms with Crippen LogP contribution in [-0.4, -0.2) is 54.4 Å². The molecule has 1 aromatic heterocycles. The number of fused-ring (bicyclic) bond motifs is 3. The molecule has 2 amide bonds. The molecular weight excluding hydrogens is 349 g/mol. The second-order valence-electron chi connectivity index (χ2n) is 6.66. The highest BCUT2D eigenvalue weighted by Crippen LogP contribution is 2.38. The van der Waals surface area contributed by atoms with Crippen LogP contribution in [0, 0.1) is 0 Å². The lowest BCUT2D eigenvalue weighted by Crippen LogP contribution is -2.55. The van der Waals surface area contributed by atoms with E-state index in [4.69, 9.17) is 0 Å². The number of carbonyl (C=O) groups is 2. The first-order valence-corrected chi connectivity index (χ1v) is 8.60. The highest BCUT2D eigenvalue weighted by molar-refractivity contribution is 5.98. The fraction of sp³-hybridized carbons (Fsp3) is 0.588. The van der Waals surface area contributed by atoms with Crippen LogP contribution < -0.4 is 9.80 Å². The number of carbonyl (C=O) groups excluding carboxylic acids is 2. The summed E-state index contributed by atoms with van der Waals surface area (Å²) in [5, 5.41) is 0. The second-order valence-corrected chi connectivity index (χ2v) is 6.66. The first-order chi connectivity index (χ1) is 12.2. The Morgan fingerprint density at radius 1 is 1.35 bits per heavy atom. The molecule has 26 heavy (non-hydrogen) atoms. The predicted octanol–water partition coefficient (Wildman–Crippen LogP) is 2.28. The van der Waals surface area contributed by atoms with Crippen molar-refractivity contribution in [3.05, 3.63) is 17.8 Å². The maximum Gasteiger partial charge on any atom is 0.417 e. The molecule has 0 saturated carbocycles. The van der Waals surface area contributed by atoms with Crippen LogP contribution in [0.5, 0.6) is 0 Å². The number of anilines is 2. The van der Waals surface area contributed by atoms with Crippen LogP contribution in [0.15, 0.2) is 12.3 Å². The van der Waals surface area contributed by atoms with Gasteiger partial charge in [-0.15, -0.1) is 0 Å². The van der Waals surface area contributed by atoms with Crippen molar-refractivity contribution in [3.8, 4) is 0 Å². The third kappa shape index (κ3) is 3.34. The molecule has 0 aromatic carbocycles. The molecule has 3 rings (SSSR count). The fourth-order valence-corrected chi connectivity index (χ4v) is 3.45. The van der Waals surface area contributed by atoms with Crippen molar-refractivity contribution in [1.82, 2.24) is 9.88 Å². The molecule has 0 bridgehead atoms. The number of hydrogen-bond donors (Lipinski definition) is 0. The first kappa shape index (κ1) is 18.5. The number of piperazine rings is 1. The molecule has 2 aliphatic heterocycles. The SMILES string of the molecule is CCCC(=O)N1CCN2c3ncc(C(F)(F)F)cc3N(C)C(=O)C[C@@H]2C1. The van der Waals surface area contributed by atoms with E-state index in [0.717, 1.165) is 18.7 Å². The minimum absolute atomic E-state index is 0.0396. The maximum absolute atomic E-state index is 13.0. The Balaban J connectivity index is 1.94. The molecular formula is C17H21F3N4O2.